The number of thiazole rings is 1. The zero-order chi connectivity index (χ0) is 16.9. The van der Waals surface area contributed by atoms with Crippen LogP contribution in [-0.4, -0.2) is 23.8 Å². The number of hydrogen-bond acceptors (Lipinski definition) is 5. The summed E-state index contributed by atoms with van der Waals surface area (Å²) < 4.78 is 1.85. The molecule has 5 nitrogen and oxygen atoms in total. The normalized spacial score (nSPS) is 12.0. The first-order valence-electron chi connectivity index (χ1n) is 7.26. The highest BCUT2D eigenvalue weighted by Crippen LogP contribution is 2.25. The van der Waals surface area contributed by atoms with Gasteiger partial charge in [-0.2, -0.15) is 5.10 Å². The molecule has 0 saturated carbocycles. The van der Waals surface area contributed by atoms with Crippen molar-refractivity contribution in [3.8, 4) is 10.6 Å². The predicted octanol–water partition coefficient (Wildman–Crippen LogP) is 3.65. The van der Waals surface area contributed by atoms with Crippen LogP contribution in [0.25, 0.3) is 10.6 Å². The van der Waals surface area contributed by atoms with Crippen molar-refractivity contribution in [1.82, 2.24) is 4.68 Å². The molecule has 122 valence electrons. The molecule has 0 aliphatic rings. The van der Waals surface area contributed by atoms with Crippen LogP contribution in [0.1, 0.15) is 12.5 Å². The van der Waals surface area contributed by atoms with Crippen molar-refractivity contribution < 1.29 is 4.79 Å². The predicted molar refractivity (Wildman–Crippen MR) is 101 cm³/mol. The summed E-state index contributed by atoms with van der Waals surface area (Å²) in [4.78, 5) is 17.3. The van der Waals surface area contributed by atoms with E-state index in [9.17, 15) is 4.79 Å². The maximum absolute atomic E-state index is 11.1. The highest BCUT2D eigenvalue weighted by Gasteiger charge is 2.07. The van der Waals surface area contributed by atoms with Crippen LogP contribution in [0.3, 0.4) is 0 Å². The molecule has 3 aromatic rings. The minimum atomic E-state index is -0.0833. The molecule has 0 aliphatic carbocycles. The van der Waals surface area contributed by atoms with Gasteiger partial charge >= 0.3 is 0 Å². The van der Waals surface area contributed by atoms with Gasteiger partial charge in [0.05, 0.1) is 16.8 Å². The Morgan fingerprint density at radius 1 is 1.21 bits per heavy atom. The molecule has 0 unspecified atom stereocenters. The highest BCUT2D eigenvalue weighted by atomic mass is 32.1. The van der Waals surface area contributed by atoms with Crippen molar-refractivity contribution in [3.05, 3.63) is 57.5 Å². The van der Waals surface area contributed by atoms with E-state index >= 15 is 0 Å². The third-order valence-corrected chi connectivity index (χ3v) is 5.00. The Morgan fingerprint density at radius 2 is 2.00 bits per heavy atom. The van der Waals surface area contributed by atoms with Gasteiger partial charge in [-0.3, -0.25) is 9.79 Å². The van der Waals surface area contributed by atoms with Crippen LogP contribution in [0, 0.1) is 0 Å². The smallest absolute Gasteiger partial charge is 0.221 e. The fourth-order valence-corrected chi connectivity index (χ4v) is 3.73. The van der Waals surface area contributed by atoms with Crippen molar-refractivity contribution in [3.63, 3.8) is 0 Å². The Morgan fingerprint density at radius 3 is 2.62 bits per heavy atom. The number of benzene rings is 1. The number of carbonyl (C=O) groups is 1. The standard InChI is InChI=1S/C17H16N4OS2/c1-12(22)20-14-7-5-13(6-8-14)10-19-21-15(11-24-17(21)18-2)16-4-3-9-23-16/h3-11H,1-2H3,(H,20,22)/b18-17?,19-10-. The summed E-state index contributed by atoms with van der Waals surface area (Å²) in [5, 5.41) is 11.4. The van der Waals surface area contributed by atoms with Gasteiger partial charge in [0.15, 0.2) is 0 Å². The maximum Gasteiger partial charge on any atom is 0.221 e. The number of hydrogen-bond donors (Lipinski definition) is 1. The lowest BCUT2D eigenvalue weighted by molar-refractivity contribution is -0.114. The summed E-state index contributed by atoms with van der Waals surface area (Å²) in [7, 11) is 1.76. The lowest BCUT2D eigenvalue weighted by atomic mass is 10.2. The first-order valence-corrected chi connectivity index (χ1v) is 9.02. The molecule has 0 radical (unpaired) electrons. The quantitative estimate of drug-likeness (QED) is 0.713. The molecule has 0 bridgehead atoms. The van der Waals surface area contributed by atoms with Gasteiger partial charge in [0.25, 0.3) is 0 Å². The zero-order valence-corrected chi connectivity index (χ0v) is 14.9. The Labute approximate surface area is 147 Å². The van der Waals surface area contributed by atoms with Crippen LogP contribution in [0.15, 0.2) is 57.3 Å². The Bertz CT molecular complexity index is 918. The van der Waals surface area contributed by atoms with Crippen LogP contribution in [-0.2, 0) is 4.79 Å². The molecule has 1 amide bonds. The molecule has 3 rings (SSSR count). The average molecular weight is 356 g/mol. The number of rotatable bonds is 4. The van der Waals surface area contributed by atoms with Gasteiger partial charge in [-0.05, 0) is 29.1 Å². The van der Waals surface area contributed by atoms with Crippen molar-refractivity contribution >= 4 is 40.5 Å². The molecule has 7 heteroatoms. The number of anilines is 1. The first-order chi connectivity index (χ1) is 11.7. The maximum atomic E-state index is 11.1. The number of aromatic nitrogens is 1. The van der Waals surface area contributed by atoms with Gasteiger partial charge in [-0.15, -0.1) is 22.7 Å². The van der Waals surface area contributed by atoms with E-state index in [1.807, 2.05) is 40.4 Å². The van der Waals surface area contributed by atoms with Crippen molar-refractivity contribution in [2.75, 3.05) is 12.4 Å². The fourth-order valence-electron chi connectivity index (χ4n) is 2.14. The Balaban J connectivity index is 1.89. The van der Waals surface area contributed by atoms with E-state index in [1.165, 1.54) is 6.92 Å². The molecular formula is C17H16N4OS2. The zero-order valence-electron chi connectivity index (χ0n) is 13.3. The second-order valence-electron chi connectivity index (χ2n) is 4.96. The van der Waals surface area contributed by atoms with Crippen molar-refractivity contribution in [2.45, 2.75) is 6.92 Å². The average Bonchev–Trinajstić information content (AvgIpc) is 3.22. The summed E-state index contributed by atoms with van der Waals surface area (Å²) in [5.41, 5.74) is 2.75. The number of thiophene rings is 1. The molecule has 0 spiro atoms. The molecule has 0 atom stereocenters. The van der Waals surface area contributed by atoms with E-state index in [1.54, 1.807) is 35.9 Å². The van der Waals surface area contributed by atoms with Crippen LogP contribution >= 0.6 is 22.7 Å². The molecule has 0 fully saturated rings. The second-order valence-corrected chi connectivity index (χ2v) is 6.75. The van der Waals surface area contributed by atoms with E-state index < -0.39 is 0 Å². The largest absolute Gasteiger partial charge is 0.326 e. The molecule has 0 saturated heterocycles. The summed E-state index contributed by atoms with van der Waals surface area (Å²) in [5.74, 6) is -0.0833. The molecule has 24 heavy (non-hydrogen) atoms. The summed E-state index contributed by atoms with van der Waals surface area (Å²) in [6.07, 6.45) is 1.79. The third-order valence-electron chi connectivity index (χ3n) is 3.20. The number of amides is 1. The van der Waals surface area contributed by atoms with E-state index in [2.05, 4.69) is 26.9 Å². The van der Waals surface area contributed by atoms with E-state index in [0.29, 0.717) is 0 Å². The SMILES string of the molecule is CN=c1scc(-c2cccs2)n1/N=C\c1ccc(NC(C)=O)cc1. The van der Waals surface area contributed by atoms with Gasteiger partial charge in [0.2, 0.25) is 10.7 Å². The van der Waals surface area contributed by atoms with E-state index in [4.69, 9.17) is 0 Å². The Kier molecular flexibility index (Phi) is 5.02. The molecule has 0 aliphatic heterocycles. The number of nitrogens with zero attached hydrogens (tertiary/aromatic N) is 3. The summed E-state index contributed by atoms with van der Waals surface area (Å²) in [6, 6.07) is 11.6. The first kappa shape index (κ1) is 16.4. The third kappa shape index (κ3) is 3.69. The van der Waals surface area contributed by atoms with E-state index in [-0.39, 0.29) is 5.91 Å². The molecule has 1 N–H and O–H groups in total. The van der Waals surface area contributed by atoms with Gasteiger partial charge in [0, 0.05) is 25.0 Å². The van der Waals surface area contributed by atoms with Gasteiger partial charge in [-0.25, -0.2) is 4.68 Å². The summed E-state index contributed by atoms with van der Waals surface area (Å²) in [6.45, 7) is 1.49. The van der Waals surface area contributed by atoms with E-state index in [0.717, 1.165) is 26.6 Å². The van der Waals surface area contributed by atoms with Crippen LogP contribution in [0.2, 0.25) is 0 Å². The van der Waals surface area contributed by atoms with Crippen LogP contribution in [0.4, 0.5) is 5.69 Å². The molecule has 2 aromatic heterocycles. The topological polar surface area (TPSA) is 58.8 Å². The van der Waals surface area contributed by atoms with Crippen LogP contribution < -0.4 is 10.1 Å². The second kappa shape index (κ2) is 7.37. The fraction of sp³-hybridized carbons (Fsp3) is 0.118. The lowest BCUT2D eigenvalue weighted by Gasteiger charge is -2.02. The monoisotopic (exact) mass is 356 g/mol. The van der Waals surface area contributed by atoms with Gasteiger partial charge < -0.3 is 5.32 Å². The highest BCUT2D eigenvalue weighted by molar-refractivity contribution is 7.14. The van der Waals surface area contributed by atoms with Crippen LogP contribution in [0.5, 0.6) is 0 Å². The van der Waals surface area contributed by atoms with Gasteiger partial charge in [0.1, 0.15) is 0 Å². The minimum absolute atomic E-state index is 0.0833. The number of carbonyl (C=O) groups excluding carboxylic acids is 1. The minimum Gasteiger partial charge on any atom is -0.326 e. The lowest BCUT2D eigenvalue weighted by Crippen LogP contribution is -2.11. The molecule has 2 heterocycles. The molecular weight excluding hydrogens is 340 g/mol. The van der Waals surface area contributed by atoms with Crippen molar-refractivity contribution in [1.29, 1.82) is 0 Å². The van der Waals surface area contributed by atoms with Gasteiger partial charge in [-0.1, -0.05) is 18.2 Å². The molecule has 1 aromatic carbocycles. The van der Waals surface area contributed by atoms with Crippen molar-refractivity contribution in [2.24, 2.45) is 10.1 Å². The Hall–Kier alpha value is -2.51. The number of nitrogens with one attached hydrogen (secondary N) is 1. The summed E-state index contributed by atoms with van der Waals surface area (Å²) >= 11 is 3.23.